The predicted molar refractivity (Wildman–Crippen MR) is 239 cm³/mol. The van der Waals surface area contributed by atoms with Gasteiger partial charge in [0.2, 0.25) is 0 Å². The topological polar surface area (TPSA) is 17.4 Å². The Balaban J connectivity index is 1.05. The van der Waals surface area contributed by atoms with Crippen molar-refractivity contribution in [1.82, 2.24) is 4.57 Å². The van der Waals surface area contributed by atoms with Crippen molar-refractivity contribution in [2.24, 2.45) is 0 Å². The Bertz CT molecular complexity index is 3370. The van der Waals surface area contributed by atoms with Crippen LogP contribution in [0.3, 0.4) is 0 Å². The first kappa shape index (κ1) is 31.7. The van der Waals surface area contributed by atoms with Crippen LogP contribution in [-0.4, -0.2) is 4.57 Å². The van der Waals surface area contributed by atoms with Crippen LogP contribution in [0.1, 0.15) is 0 Å². The van der Waals surface area contributed by atoms with Gasteiger partial charge in [-0.15, -0.1) is 0 Å². The van der Waals surface area contributed by atoms with Crippen LogP contribution >= 0.6 is 0 Å². The summed E-state index contributed by atoms with van der Waals surface area (Å²) in [6.07, 6.45) is 0. The third-order valence-corrected chi connectivity index (χ3v) is 11.7. The fraction of sp³-hybridized carbons (Fsp3) is 0. The molecule has 3 nitrogen and oxygen atoms in total. The van der Waals surface area contributed by atoms with Crippen molar-refractivity contribution in [2.45, 2.75) is 0 Å². The molecular formula is C54H34N2O. The number of ether oxygens (including phenoxy) is 1. The molecule has 12 rings (SSSR count). The summed E-state index contributed by atoms with van der Waals surface area (Å²) in [5, 5.41) is 9.67. The molecule has 57 heavy (non-hydrogen) atoms. The van der Waals surface area contributed by atoms with E-state index in [0.717, 1.165) is 50.5 Å². The van der Waals surface area contributed by atoms with Crippen LogP contribution in [0.25, 0.3) is 82.1 Å². The van der Waals surface area contributed by atoms with E-state index < -0.39 is 0 Å². The third kappa shape index (κ3) is 4.92. The Kier molecular flexibility index (Phi) is 6.93. The van der Waals surface area contributed by atoms with Gasteiger partial charge in [-0.1, -0.05) is 152 Å². The van der Waals surface area contributed by atoms with Gasteiger partial charge in [0.05, 0.1) is 28.1 Å². The molecule has 1 aliphatic rings. The first-order chi connectivity index (χ1) is 28.3. The number of hydrogen-bond acceptors (Lipinski definition) is 2. The van der Waals surface area contributed by atoms with Crippen molar-refractivity contribution in [3.05, 3.63) is 206 Å². The molecule has 1 aliphatic heterocycles. The molecule has 10 aromatic carbocycles. The standard InChI is InChI=1S/C54H34N2O/c1-2-11-35(12-3-1)36-21-27-42(28-22-36)55-49-30-26-41(34-52(49)57-54-45-19-9-6-15-39(45)24-32-51(54)55)40-25-29-48-46(33-40)53-44-18-8-5-14-38(44)23-31-50(53)56(48)47-20-10-16-37-13-4-7-17-43(37)47/h1-34H. The molecule has 266 valence electrons. The molecule has 0 saturated heterocycles. The second-order valence-electron chi connectivity index (χ2n) is 14.9. The minimum atomic E-state index is 0.826. The van der Waals surface area contributed by atoms with Gasteiger partial charge >= 0.3 is 0 Å². The van der Waals surface area contributed by atoms with Gasteiger partial charge in [-0.3, -0.25) is 0 Å². The Morgan fingerprint density at radius 1 is 0.333 bits per heavy atom. The summed E-state index contributed by atoms with van der Waals surface area (Å²) in [6.45, 7) is 0. The second kappa shape index (κ2) is 12.5. The van der Waals surface area contributed by atoms with E-state index in [-0.39, 0.29) is 0 Å². The lowest BCUT2D eigenvalue weighted by molar-refractivity contribution is 0.483. The molecule has 0 fully saturated rings. The lowest BCUT2D eigenvalue weighted by Crippen LogP contribution is -2.16. The van der Waals surface area contributed by atoms with Crippen LogP contribution in [-0.2, 0) is 0 Å². The van der Waals surface area contributed by atoms with Gasteiger partial charge in [0.15, 0.2) is 11.5 Å². The normalized spacial score (nSPS) is 12.3. The minimum Gasteiger partial charge on any atom is -0.452 e. The highest BCUT2D eigenvalue weighted by Crippen LogP contribution is 2.54. The quantitative estimate of drug-likeness (QED) is 0.180. The van der Waals surface area contributed by atoms with E-state index >= 15 is 0 Å². The predicted octanol–water partition coefficient (Wildman–Crippen LogP) is 15.2. The number of rotatable bonds is 4. The molecule has 0 atom stereocenters. The van der Waals surface area contributed by atoms with Gasteiger partial charge < -0.3 is 14.2 Å². The van der Waals surface area contributed by atoms with Gasteiger partial charge in [-0.05, 0) is 98.4 Å². The van der Waals surface area contributed by atoms with Gasteiger partial charge in [-0.2, -0.15) is 0 Å². The van der Waals surface area contributed by atoms with Crippen LogP contribution in [0.2, 0.25) is 0 Å². The maximum absolute atomic E-state index is 6.97. The summed E-state index contributed by atoms with van der Waals surface area (Å²) in [6, 6.07) is 74.4. The number of fused-ring (bicyclic) bond motifs is 10. The smallest absolute Gasteiger partial charge is 0.159 e. The molecule has 0 N–H and O–H groups in total. The third-order valence-electron chi connectivity index (χ3n) is 11.7. The number of hydrogen-bond donors (Lipinski definition) is 0. The fourth-order valence-corrected chi connectivity index (χ4v) is 9.06. The van der Waals surface area contributed by atoms with E-state index in [9.17, 15) is 0 Å². The SMILES string of the molecule is c1ccc(-c2ccc(N3c4ccc(-c5ccc6c(c5)c5c7ccccc7ccc5n6-c5cccc6ccccc56)cc4Oc4c3ccc3ccccc43)cc2)cc1. The Hall–Kier alpha value is -7.62. The van der Waals surface area contributed by atoms with E-state index in [1.54, 1.807) is 0 Å². The summed E-state index contributed by atoms with van der Waals surface area (Å²) in [4.78, 5) is 2.34. The molecule has 0 amide bonds. The molecule has 1 aromatic heterocycles. The zero-order valence-corrected chi connectivity index (χ0v) is 30.9. The highest BCUT2D eigenvalue weighted by Gasteiger charge is 2.28. The lowest BCUT2D eigenvalue weighted by Gasteiger charge is -2.34. The number of anilines is 3. The van der Waals surface area contributed by atoms with Crippen molar-refractivity contribution in [1.29, 1.82) is 0 Å². The minimum absolute atomic E-state index is 0.826. The Labute approximate surface area is 329 Å². The van der Waals surface area contributed by atoms with E-state index in [1.165, 1.54) is 60.2 Å². The maximum Gasteiger partial charge on any atom is 0.159 e. The molecule has 2 heterocycles. The zero-order chi connectivity index (χ0) is 37.5. The van der Waals surface area contributed by atoms with Crippen molar-refractivity contribution in [3.63, 3.8) is 0 Å². The van der Waals surface area contributed by atoms with Gasteiger partial charge in [0.1, 0.15) is 0 Å². The number of benzene rings is 10. The van der Waals surface area contributed by atoms with E-state index in [2.05, 4.69) is 216 Å². The van der Waals surface area contributed by atoms with Gasteiger partial charge in [0.25, 0.3) is 0 Å². The van der Waals surface area contributed by atoms with Crippen LogP contribution in [0.4, 0.5) is 17.1 Å². The molecule has 0 unspecified atom stereocenters. The van der Waals surface area contributed by atoms with Crippen molar-refractivity contribution < 1.29 is 4.74 Å². The molecule has 0 bridgehead atoms. The highest BCUT2D eigenvalue weighted by molar-refractivity contribution is 6.22. The number of nitrogens with zero attached hydrogens (tertiary/aromatic N) is 2. The first-order valence-electron chi connectivity index (χ1n) is 19.5. The average Bonchev–Trinajstić information content (AvgIpc) is 3.62. The summed E-state index contributed by atoms with van der Waals surface area (Å²) >= 11 is 0. The molecule has 0 spiro atoms. The second-order valence-corrected chi connectivity index (χ2v) is 14.9. The average molecular weight is 727 g/mol. The van der Waals surface area contributed by atoms with Crippen molar-refractivity contribution in [3.8, 4) is 39.4 Å². The van der Waals surface area contributed by atoms with Crippen molar-refractivity contribution in [2.75, 3.05) is 4.90 Å². The van der Waals surface area contributed by atoms with Crippen LogP contribution in [0.15, 0.2) is 206 Å². The van der Waals surface area contributed by atoms with Gasteiger partial charge in [-0.25, -0.2) is 0 Å². The molecule has 0 saturated carbocycles. The first-order valence-corrected chi connectivity index (χ1v) is 19.5. The summed E-state index contributed by atoms with van der Waals surface area (Å²) < 4.78 is 9.42. The largest absolute Gasteiger partial charge is 0.452 e. The Morgan fingerprint density at radius 3 is 1.74 bits per heavy atom. The fourth-order valence-electron chi connectivity index (χ4n) is 9.06. The van der Waals surface area contributed by atoms with Crippen LogP contribution < -0.4 is 9.64 Å². The van der Waals surface area contributed by atoms with E-state index in [1.807, 2.05) is 0 Å². The molecule has 11 aromatic rings. The highest BCUT2D eigenvalue weighted by atomic mass is 16.5. The van der Waals surface area contributed by atoms with E-state index in [4.69, 9.17) is 4.74 Å². The molecule has 0 radical (unpaired) electrons. The Morgan fingerprint density at radius 2 is 0.912 bits per heavy atom. The maximum atomic E-state index is 6.97. The molecular weight excluding hydrogens is 693 g/mol. The number of aromatic nitrogens is 1. The summed E-state index contributed by atoms with van der Waals surface area (Å²) in [7, 11) is 0. The lowest BCUT2D eigenvalue weighted by atomic mass is 9.98. The summed E-state index contributed by atoms with van der Waals surface area (Å²) in [5.74, 6) is 1.69. The van der Waals surface area contributed by atoms with Crippen LogP contribution in [0, 0.1) is 0 Å². The zero-order valence-electron chi connectivity index (χ0n) is 30.9. The monoisotopic (exact) mass is 726 g/mol. The molecule has 3 heteroatoms. The van der Waals surface area contributed by atoms with Crippen LogP contribution in [0.5, 0.6) is 11.5 Å². The summed E-state index contributed by atoms with van der Waals surface area (Å²) in [5.41, 5.74) is 11.3. The molecule has 0 aliphatic carbocycles. The van der Waals surface area contributed by atoms with Gasteiger partial charge in [0, 0.05) is 27.2 Å². The van der Waals surface area contributed by atoms with Crippen molar-refractivity contribution >= 4 is 71.2 Å². The van der Waals surface area contributed by atoms with E-state index in [0.29, 0.717) is 0 Å².